The Morgan fingerprint density at radius 3 is 2.23 bits per heavy atom. The van der Waals surface area contributed by atoms with Crippen LogP contribution in [0.1, 0.15) is 5.37 Å². The molecule has 6 aromatic rings. The van der Waals surface area contributed by atoms with E-state index >= 15 is 0 Å². The Bertz CT molecular complexity index is 1880. The van der Waals surface area contributed by atoms with Crippen molar-refractivity contribution in [3.63, 3.8) is 0 Å². The highest BCUT2D eigenvalue weighted by Gasteiger charge is 2.29. The predicted molar refractivity (Wildman–Crippen MR) is 148 cm³/mol. The third kappa shape index (κ3) is 2.71. The van der Waals surface area contributed by atoms with E-state index in [2.05, 4.69) is 124 Å². The molecule has 0 bridgehead atoms. The Morgan fingerprint density at radius 1 is 0.686 bits per heavy atom. The maximum absolute atomic E-state index is 5.36. The number of hydrogen-bond acceptors (Lipinski definition) is 2. The highest BCUT2D eigenvalue weighted by molar-refractivity contribution is 8.00. The fourth-order valence-corrected chi connectivity index (χ4v) is 7.07. The van der Waals surface area contributed by atoms with Crippen LogP contribution in [0.2, 0.25) is 0 Å². The van der Waals surface area contributed by atoms with E-state index in [9.17, 15) is 0 Å². The molecule has 0 saturated carbocycles. The standard InChI is InChI=1S/C31H21N3S/c1-2-11-21(12-3-1)33-24-15-7-5-13-22(24)30-26(33)19-27-31(32-30)23-14-6-8-16-25(23)34(27)29-18-20-10-4-9-17-28(20)35-29/h1-19,28-29H. The van der Waals surface area contributed by atoms with Crippen LogP contribution in [0.3, 0.4) is 0 Å². The second-order valence-electron chi connectivity index (χ2n) is 9.16. The first-order chi connectivity index (χ1) is 17.4. The van der Waals surface area contributed by atoms with Gasteiger partial charge in [0.2, 0.25) is 0 Å². The number of hydrogen-bond donors (Lipinski definition) is 0. The summed E-state index contributed by atoms with van der Waals surface area (Å²) in [4.78, 5) is 5.36. The van der Waals surface area contributed by atoms with Gasteiger partial charge >= 0.3 is 0 Å². The van der Waals surface area contributed by atoms with Crippen LogP contribution in [0.25, 0.3) is 49.6 Å². The monoisotopic (exact) mass is 467 g/mol. The molecule has 0 saturated heterocycles. The maximum atomic E-state index is 5.36. The van der Waals surface area contributed by atoms with Crippen LogP contribution in [0.5, 0.6) is 0 Å². The number of fused-ring (bicyclic) bond motifs is 7. The summed E-state index contributed by atoms with van der Waals surface area (Å²) in [5.74, 6) is 0. The van der Waals surface area contributed by atoms with Gasteiger partial charge in [0.05, 0.1) is 38.4 Å². The highest BCUT2D eigenvalue weighted by Crippen LogP contribution is 2.46. The average molecular weight is 468 g/mol. The summed E-state index contributed by atoms with van der Waals surface area (Å²) in [6, 6.07) is 30.3. The van der Waals surface area contributed by atoms with Gasteiger partial charge in [-0.3, -0.25) is 0 Å². The minimum absolute atomic E-state index is 0.221. The lowest BCUT2D eigenvalue weighted by atomic mass is 10.1. The van der Waals surface area contributed by atoms with Gasteiger partial charge in [-0.15, -0.1) is 11.8 Å². The third-order valence-corrected chi connectivity index (χ3v) is 8.55. The van der Waals surface area contributed by atoms with Gasteiger partial charge in [0.1, 0.15) is 5.37 Å². The lowest BCUT2D eigenvalue weighted by Crippen LogP contribution is -2.03. The molecule has 166 valence electrons. The van der Waals surface area contributed by atoms with Crippen LogP contribution in [-0.2, 0) is 0 Å². The largest absolute Gasteiger partial charge is 0.323 e. The molecule has 0 spiro atoms. The molecule has 0 radical (unpaired) electrons. The van der Waals surface area contributed by atoms with Gasteiger partial charge in [0.25, 0.3) is 0 Å². The third-order valence-electron chi connectivity index (χ3n) is 7.21. The summed E-state index contributed by atoms with van der Waals surface area (Å²) in [7, 11) is 0. The Labute approximate surface area is 206 Å². The molecular weight excluding hydrogens is 446 g/mol. The second kappa shape index (κ2) is 7.24. The first-order valence-electron chi connectivity index (χ1n) is 12.0. The van der Waals surface area contributed by atoms with E-state index in [-0.39, 0.29) is 5.37 Å². The van der Waals surface area contributed by atoms with E-state index < -0.39 is 0 Å². The summed E-state index contributed by atoms with van der Waals surface area (Å²) in [5.41, 5.74) is 9.41. The summed E-state index contributed by atoms with van der Waals surface area (Å²) in [6.07, 6.45) is 11.3. The number of nitrogens with zero attached hydrogens (tertiary/aromatic N) is 3. The van der Waals surface area contributed by atoms with Crippen LogP contribution in [0, 0.1) is 0 Å². The molecule has 0 amide bonds. The lowest BCUT2D eigenvalue weighted by molar-refractivity contribution is 0.878. The van der Waals surface area contributed by atoms with E-state index in [1.54, 1.807) is 0 Å². The van der Waals surface area contributed by atoms with E-state index in [1.165, 1.54) is 32.9 Å². The van der Waals surface area contributed by atoms with Crippen molar-refractivity contribution in [3.05, 3.63) is 121 Å². The van der Waals surface area contributed by atoms with Gasteiger partial charge < -0.3 is 9.13 Å². The van der Waals surface area contributed by atoms with Crippen molar-refractivity contribution in [1.29, 1.82) is 0 Å². The van der Waals surface area contributed by atoms with Crippen molar-refractivity contribution < 1.29 is 0 Å². The molecule has 4 heterocycles. The first kappa shape index (κ1) is 19.3. The molecule has 0 fully saturated rings. The van der Waals surface area contributed by atoms with Gasteiger partial charge in [-0.25, -0.2) is 4.98 Å². The minimum Gasteiger partial charge on any atom is -0.323 e. The molecular formula is C31H21N3S. The summed E-state index contributed by atoms with van der Waals surface area (Å²) in [5, 5.41) is 3.02. The van der Waals surface area contributed by atoms with Gasteiger partial charge in [-0.2, -0.15) is 0 Å². The van der Waals surface area contributed by atoms with Crippen LogP contribution >= 0.6 is 11.8 Å². The molecule has 0 N–H and O–H groups in total. The molecule has 2 atom stereocenters. The van der Waals surface area contributed by atoms with Crippen LogP contribution in [0.15, 0.2) is 121 Å². The van der Waals surface area contributed by atoms with E-state index in [0.29, 0.717) is 5.25 Å². The first-order valence-corrected chi connectivity index (χ1v) is 12.9. The number of para-hydroxylation sites is 3. The van der Waals surface area contributed by atoms with Crippen LogP contribution in [-0.4, -0.2) is 19.4 Å². The minimum atomic E-state index is 0.221. The molecule has 1 aliphatic heterocycles. The van der Waals surface area contributed by atoms with Crippen molar-refractivity contribution >= 4 is 55.6 Å². The Hall–Kier alpha value is -4.02. The number of aromatic nitrogens is 3. The van der Waals surface area contributed by atoms with Gasteiger partial charge in [0, 0.05) is 16.5 Å². The highest BCUT2D eigenvalue weighted by atomic mass is 32.2. The van der Waals surface area contributed by atoms with Crippen molar-refractivity contribution in [1.82, 2.24) is 14.1 Å². The molecule has 3 aromatic carbocycles. The smallest absolute Gasteiger partial charge is 0.100 e. The fourth-order valence-electron chi connectivity index (χ4n) is 5.69. The van der Waals surface area contributed by atoms with E-state index in [4.69, 9.17) is 4.98 Å². The molecule has 1 aliphatic carbocycles. The maximum Gasteiger partial charge on any atom is 0.100 e. The molecule has 4 heteroatoms. The Balaban J connectivity index is 1.50. The molecule has 2 aliphatic rings. The number of rotatable bonds is 2. The number of benzene rings is 3. The Kier molecular flexibility index (Phi) is 3.99. The SMILES string of the molecule is C1=CC2=CC(n3c4ccccc4c4nc5c6ccccc6n(-c6ccccc6)c5cc43)SC2C=C1. The number of thioether (sulfide) groups is 1. The van der Waals surface area contributed by atoms with Crippen molar-refractivity contribution in [2.75, 3.05) is 0 Å². The molecule has 2 unspecified atom stereocenters. The zero-order valence-corrected chi connectivity index (χ0v) is 19.7. The quantitative estimate of drug-likeness (QED) is 0.258. The molecule has 8 rings (SSSR count). The van der Waals surface area contributed by atoms with Gasteiger partial charge in [-0.05, 0) is 42.0 Å². The van der Waals surface area contributed by atoms with E-state index in [1.807, 2.05) is 11.8 Å². The van der Waals surface area contributed by atoms with Crippen LogP contribution < -0.4 is 0 Å². The number of pyridine rings is 1. The van der Waals surface area contributed by atoms with Gasteiger partial charge in [-0.1, -0.05) is 78.9 Å². The summed E-state index contributed by atoms with van der Waals surface area (Å²) >= 11 is 1.99. The van der Waals surface area contributed by atoms with E-state index in [0.717, 1.165) is 22.2 Å². The van der Waals surface area contributed by atoms with Crippen molar-refractivity contribution in [2.45, 2.75) is 10.6 Å². The molecule has 35 heavy (non-hydrogen) atoms. The molecule has 3 aromatic heterocycles. The van der Waals surface area contributed by atoms with Crippen LogP contribution in [0.4, 0.5) is 0 Å². The van der Waals surface area contributed by atoms with Crippen molar-refractivity contribution in [3.8, 4) is 5.69 Å². The predicted octanol–water partition coefficient (Wildman–Crippen LogP) is 7.95. The van der Waals surface area contributed by atoms with Crippen molar-refractivity contribution in [2.24, 2.45) is 0 Å². The summed E-state index contributed by atoms with van der Waals surface area (Å²) in [6.45, 7) is 0. The average Bonchev–Trinajstić information content (AvgIpc) is 3.57. The zero-order valence-electron chi connectivity index (χ0n) is 18.9. The van der Waals surface area contributed by atoms with Gasteiger partial charge in [0.15, 0.2) is 0 Å². The zero-order chi connectivity index (χ0) is 22.9. The number of allylic oxidation sites excluding steroid dienone is 3. The Morgan fingerprint density at radius 2 is 1.40 bits per heavy atom. The summed E-state index contributed by atoms with van der Waals surface area (Å²) < 4.78 is 4.84. The lowest BCUT2D eigenvalue weighted by Gasteiger charge is -2.16. The normalized spacial score (nSPS) is 19.3. The molecule has 3 nitrogen and oxygen atoms in total. The second-order valence-corrected chi connectivity index (χ2v) is 10.4. The fraction of sp³-hybridized carbons (Fsp3) is 0.0645. The topological polar surface area (TPSA) is 22.8 Å².